The number of aromatic nitrogens is 3. The van der Waals surface area contributed by atoms with E-state index in [0.29, 0.717) is 6.42 Å². The Kier molecular flexibility index (Phi) is 4.11. The van der Waals surface area contributed by atoms with Gasteiger partial charge in [0.25, 0.3) is 0 Å². The monoisotopic (exact) mass is 309 g/mol. The van der Waals surface area contributed by atoms with Crippen LogP contribution in [0, 0.1) is 6.92 Å². The highest BCUT2D eigenvalue weighted by Gasteiger charge is 2.14. The molecule has 0 aliphatic heterocycles. The summed E-state index contributed by atoms with van der Waals surface area (Å²) in [4.78, 5) is 4.22. The summed E-state index contributed by atoms with van der Waals surface area (Å²) in [6.45, 7) is 2.06. The highest BCUT2D eigenvalue weighted by atomic mass is 79.9. The molecule has 5 nitrogen and oxygen atoms in total. The Morgan fingerprint density at radius 2 is 2.28 bits per heavy atom. The number of halogens is 1. The van der Waals surface area contributed by atoms with Crippen molar-refractivity contribution in [1.82, 2.24) is 20.2 Å². The third-order valence-corrected chi connectivity index (χ3v) is 3.87. The van der Waals surface area contributed by atoms with Crippen molar-refractivity contribution < 1.29 is 0 Å². The van der Waals surface area contributed by atoms with E-state index >= 15 is 0 Å². The van der Waals surface area contributed by atoms with Crippen LogP contribution in [0.15, 0.2) is 29.0 Å². The Morgan fingerprint density at radius 1 is 1.50 bits per heavy atom. The Hall–Kier alpha value is -1.24. The second kappa shape index (κ2) is 5.60. The standard InChI is InChI=1S/C12H16BrN5/c1-8-5-9(3-4-10(8)13)11(17-14)6-12-15-7-16-18(12)2/h3-5,7,11,17H,6,14H2,1-2H3. The van der Waals surface area contributed by atoms with Gasteiger partial charge in [0.2, 0.25) is 0 Å². The van der Waals surface area contributed by atoms with Crippen LogP contribution in [0.2, 0.25) is 0 Å². The van der Waals surface area contributed by atoms with E-state index in [9.17, 15) is 0 Å². The molecule has 0 spiro atoms. The van der Waals surface area contributed by atoms with Crippen LogP contribution in [0.3, 0.4) is 0 Å². The number of hydrogen-bond donors (Lipinski definition) is 2. The van der Waals surface area contributed by atoms with Crippen LogP contribution in [0.25, 0.3) is 0 Å². The van der Waals surface area contributed by atoms with Gasteiger partial charge in [0.1, 0.15) is 12.2 Å². The number of hydrogen-bond acceptors (Lipinski definition) is 4. The molecule has 3 N–H and O–H groups in total. The van der Waals surface area contributed by atoms with Crippen molar-refractivity contribution in [2.75, 3.05) is 0 Å². The SMILES string of the molecule is Cc1cc(C(Cc2ncnn2C)NN)ccc1Br. The van der Waals surface area contributed by atoms with Crippen LogP contribution in [0.4, 0.5) is 0 Å². The summed E-state index contributed by atoms with van der Waals surface area (Å²) in [6.07, 6.45) is 2.25. The summed E-state index contributed by atoms with van der Waals surface area (Å²) < 4.78 is 2.86. The second-order valence-electron chi connectivity index (χ2n) is 4.23. The van der Waals surface area contributed by atoms with Crippen molar-refractivity contribution in [2.45, 2.75) is 19.4 Å². The molecule has 0 aliphatic rings. The fourth-order valence-corrected chi connectivity index (χ4v) is 2.09. The molecule has 1 heterocycles. The quantitative estimate of drug-likeness (QED) is 0.665. The van der Waals surface area contributed by atoms with Gasteiger partial charge in [0.15, 0.2) is 0 Å². The van der Waals surface area contributed by atoms with E-state index in [1.165, 1.54) is 5.56 Å². The molecule has 6 heteroatoms. The topological polar surface area (TPSA) is 68.8 Å². The normalized spacial score (nSPS) is 12.7. The molecule has 2 aromatic rings. The van der Waals surface area contributed by atoms with Gasteiger partial charge in [-0.2, -0.15) is 5.10 Å². The number of aryl methyl sites for hydroxylation is 2. The average Bonchev–Trinajstić information content (AvgIpc) is 2.75. The molecule has 0 bridgehead atoms. The van der Waals surface area contributed by atoms with Gasteiger partial charge in [-0.1, -0.05) is 28.1 Å². The van der Waals surface area contributed by atoms with Crippen molar-refractivity contribution >= 4 is 15.9 Å². The lowest BCUT2D eigenvalue weighted by Crippen LogP contribution is -2.30. The molecular weight excluding hydrogens is 294 g/mol. The van der Waals surface area contributed by atoms with Gasteiger partial charge in [-0.15, -0.1) is 0 Å². The molecule has 0 amide bonds. The van der Waals surface area contributed by atoms with Gasteiger partial charge in [0, 0.05) is 17.9 Å². The fraction of sp³-hybridized carbons (Fsp3) is 0.333. The Bertz CT molecular complexity index is 537. The highest BCUT2D eigenvalue weighted by molar-refractivity contribution is 9.10. The summed E-state index contributed by atoms with van der Waals surface area (Å²) in [5.74, 6) is 6.54. The van der Waals surface area contributed by atoms with Crippen LogP contribution in [0.5, 0.6) is 0 Å². The first-order valence-corrected chi connectivity index (χ1v) is 6.46. The Labute approximate surface area is 115 Å². The van der Waals surface area contributed by atoms with Gasteiger partial charge < -0.3 is 0 Å². The van der Waals surface area contributed by atoms with Crippen LogP contribution in [0.1, 0.15) is 23.0 Å². The van der Waals surface area contributed by atoms with E-state index in [1.54, 1.807) is 11.0 Å². The lowest BCUT2D eigenvalue weighted by Gasteiger charge is -2.16. The van der Waals surface area contributed by atoms with Crippen molar-refractivity contribution in [3.63, 3.8) is 0 Å². The number of nitrogens with zero attached hydrogens (tertiary/aromatic N) is 3. The molecule has 18 heavy (non-hydrogen) atoms. The van der Waals surface area contributed by atoms with Gasteiger partial charge in [-0.3, -0.25) is 16.0 Å². The van der Waals surface area contributed by atoms with Crippen molar-refractivity contribution in [3.8, 4) is 0 Å². The lowest BCUT2D eigenvalue weighted by molar-refractivity contribution is 0.523. The van der Waals surface area contributed by atoms with Crippen molar-refractivity contribution in [1.29, 1.82) is 0 Å². The molecule has 0 radical (unpaired) electrons. The molecule has 1 aromatic carbocycles. The number of rotatable bonds is 4. The molecule has 0 aliphatic carbocycles. The summed E-state index contributed by atoms with van der Waals surface area (Å²) in [5, 5.41) is 4.06. The van der Waals surface area contributed by atoms with Crippen molar-refractivity contribution in [2.24, 2.45) is 12.9 Å². The average molecular weight is 310 g/mol. The van der Waals surface area contributed by atoms with Gasteiger partial charge >= 0.3 is 0 Å². The fourth-order valence-electron chi connectivity index (χ4n) is 1.85. The third-order valence-electron chi connectivity index (χ3n) is 2.98. The highest BCUT2D eigenvalue weighted by Crippen LogP contribution is 2.22. The largest absolute Gasteiger partial charge is 0.271 e. The van der Waals surface area contributed by atoms with E-state index in [-0.39, 0.29) is 6.04 Å². The molecule has 1 unspecified atom stereocenters. The first-order valence-electron chi connectivity index (χ1n) is 5.67. The molecule has 1 aromatic heterocycles. The summed E-state index contributed by atoms with van der Waals surface area (Å²) in [7, 11) is 1.88. The number of nitrogens with two attached hydrogens (primary N) is 1. The first kappa shape index (κ1) is 13.2. The number of nitrogens with one attached hydrogen (secondary N) is 1. The predicted octanol–water partition coefficient (Wildman–Crippen LogP) is 1.63. The molecule has 0 saturated carbocycles. The lowest BCUT2D eigenvalue weighted by atomic mass is 10.0. The molecule has 2 rings (SSSR count). The van der Waals surface area contributed by atoms with E-state index in [4.69, 9.17) is 5.84 Å². The van der Waals surface area contributed by atoms with Gasteiger partial charge in [-0.25, -0.2) is 4.98 Å². The van der Waals surface area contributed by atoms with Crippen LogP contribution in [-0.4, -0.2) is 14.8 Å². The van der Waals surface area contributed by atoms with Crippen LogP contribution >= 0.6 is 15.9 Å². The maximum Gasteiger partial charge on any atom is 0.138 e. The minimum Gasteiger partial charge on any atom is -0.271 e. The predicted molar refractivity (Wildman–Crippen MR) is 73.7 cm³/mol. The first-order chi connectivity index (χ1) is 8.61. The minimum atomic E-state index is 0.0275. The maximum atomic E-state index is 5.64. The zero-order valence-corrected chi connectivity index (χ0v) is 12.0. The van der Waals surface area contributed by atoms with E-state index in [2.05, 4.69) is 50.5 Å². The third kappa shape index (κ3) is 2.77. The van der Waals surface area contributed by atoms with Crippen LogP contribution in [-0.2, 0) is 13.5 Å². The Morgan fingerprint density at radius 3 is 2.83 bits per heavy atom. The summed E-state index contributed by atoms with van der Waals surface area (Å²) in [6, 6.07) is 6.23. The van der Waals surface area contributed by atoms with E-state index in [0.717, 1.165) is 15.9 Å². The summed E-state index contributed by atoms with van der Waals surface area (Å²) in [5.41, 5.74) is 5.16. The molecular formula is C12H16BrN5. The molecule has 0 saturated heterocycles. The van der Waals surface area contributed by atoms with Crippen LogP contribution < -0.4 is 11.3 Å². The van der Waals surface area contributed by atoms with Crippen molar-refractivity contribution in [3.05, 3.63) is 46.0 Å². The Balaban J connectivity index is 2.23. The van der Waals surface area contributed by atoms with Gasteiger partial charge in [0.05, 0.1) is 6.04 Å². The second-order valence-corrected chi connectivity index (χ2v) is 5.09. The zero-order valence-electron chi connectivity index (χ0n) is 10.4. The molecule has 0 fully saturated rings. The number of hydrazine groups is 1. The van der Waals surface area contributed by atoms with E-state index in [1.807, 2.05) is 13.1 Å². The van der Waals surface area contributed by atoms with E-state index < -0.39 is 0 Å². The zero-order chi connectivity index (χ0) is 13.1. The smallest absolute Gasteiger partial charge is 0.138 e. The minimum absolute atomic E-state index is 0.0275. The maximum absolute atomic E-state index is 5.64. The molecule has 1 atom stereocenters. The number of benzene rings is 1. The summed E-state index contributed by atoms with van der Waals surface area (Å²) >= 11 is 3.49. The molecule has 96 valence electrons. The van der Waals surface area contributed by atoms with Gasteiger partial charge in [-0.05, 0) is 24.1 Å².